The van der Waals surface area contributed by atoms with Crippen molar-refractivity contribution in [1.29, 1.82) is 0 Å². The molecule has 0 unspecified atom stereocenters. The molecular formula is C13H18N2O2. The Balaban J connectivity index is 2.02. The van der Waals surface area contributed by atoms with Gasteiger partial charge in [0, 0.05) is 18.8 Å². The summed E-state index contributed by atoms with van der Waals surface area (Å²) in [5, 5.41) is 6.00. The molecule has 1 heterocycles. The average molecular weight is 234 g/mol. The quantitative estimate of drug-likeness (QED) is 0.785. The second-order valence-electron chi connectivity index (χ2n) is 5.21. The highest BCUT2D eigenvalue weighted by atomic mass is 16.6. The number of amides is 1. The molecule has 1 aromatic rings. The molecule has 1 amide bonds. The van der Waals surface area contributed by atoms with Gasteiger partial charge in [-0.25, -0.2) is 4.79 Å². The standard InChI is InChI=1S/C13H18N2O2/c1-13(2,3)17-12(16)15-11-5-4-9-7-14-8-10(9)6-11/h4-6,14H,7-8H2,1-3H3,(H,15,16). The summed E-state index contributed by atoms with van der Waals surface area (Å²) in [7, 11) is 0. The van der Waals surface area contributed by atoms with E-state index in [-0.39, 0.29) is 0 Å². The SMILES string of the molecule is CC(C)(C)OC(=O)Nc1ccc2c(c1)CNC2. The first kappa shape index (κ1) is 11.9. The van der Waals surface area contributed by atoms with Gasteiger partial charge < -0.3 is 10.1 Å². The normalized spacial score (nSPS) is 14.3. The van der Waals surface area contributed by atoms with Crippen molar-refractivity contribution in [3.63, 3.8) is 0 Å². The summed E-state index contributed by atoms with van der Waals surface area (Å²) >= 11 is 0. The topological polar surface area (TPSA) is 50.4 Å². The number of nitrogens with one attached hydrogen (secondary N) is 2. The number of rotatable bonds is 1. The van der Waals surface area contributed by atoms with Crippen molar-refractivity contribution < 1.29 is 9.53 Å². The van der Waals surface area contributed by atoms with E-state index >= 15 is 0 Å². The largest absolute Gasteiger partial charge is 0.444 e. The third-order valence-electron chi connectivity index (χ3n) is 2.48. The monoisotopic (exact) mass is 234 g/mol. The highest BCUT2D eigenvalue weighted by Crippen LogP contribution is 2.20. The summed E-state index contributed by atoms with van der Waals surface area (Å²) in [4.78, 5) is 11.6. The Morgan fingerprint density at radius 2 is 2.00 bits per heavy atom. The molecule has 2 rings (SSSR count). The molecule has 0 saturated carbocycles. The van der Waals surface area contributed by atoms with Gasteiger partial charge >= 0.3 is 6.09 Å². The third kappa shape index (κ3) is 3.20. The first-order valence-corrected chi connectivity index (χ1v) is 5.76. The number of benzene rings is 1. The maximum atomic E-state index is 11.6. The number of ether oxygens (including phenoxy) is 1. The molecule has 4 nitrogen and oxygen atoms in total. The van der Waals surface area contributed by atoms with Crippen LogP contribution in [0.15, 0.2) is 18.2 Å². The van der Waals surface area contributed by atoms with Gasteiger partial charge in [-0.15, -0.1) is 0 Å². The highest BCUT2D eigenvalue weighted by molar-refractivity contribution is 5.85. The van der Waals surface area contributed by atoms with Crippen molar-refractivity contribution in [1.82, 2.24) is 5.32 Å². The van der Waals surface area contributed by atoms with E-state index in [9.17, 15) is 4.79 Å². The van der Waals surface area contributed by atoms with Crippen LogP contribution in [0.2, 0.25) is 0 Å². The summed E-state index contributed by atoms with van der Waals surface area (Å²) in [6.45, 7) is 7.30. The molecule has 0 aliphatic carbocycles. The Hall–Kier alpha value is -1.55. The molecule has 0 saturated heterocycles. The van der Waals surface area contributed by atoms with E-state index in [0.717, 1.165) is 18.8 Å². The van der Waals surface area contributed by atoms with E-state index in [1.54, 1.807) is 0 Å². The van der Waals surface area contributed by atoms with E-state index in [1.807, 2.05) is 39.0 Å². The van der Waals surface area contributed by atoms with Gasteiger partial charge in [-0.2, -0.15) is 0 Å². The number of hydrogen-bond acceptors (Lipinski definition) is 3. The van der Waals surface area contributed by atoms with Crippen LogP contribution in [0.5, 0.6) is 0 Å². The van der Waals surface area contributed by atoms with E-state index < -0.39 is 11.7 Å². The molecule has 0 bridgehead atoms. The van der Waals surface area contributed by atoms with Gasteiger partial charge in [0.1, 0.15) is 5.60 Å². The first-order valence-electron chi connectivity index (χ1n) is 5.76. The van der Waals surface area contributed by atoms with Crippen LogP contribution < -0.4 is 10.6 Å². The van der Waals surface area contributed by atoms with Crippen LogP contribution in [0.1, 0.15) is 31.9 Å². The first-order chi connectivity index (χ1) is 7.94. The Morgan fingerprint density at radius 1 is 1.29 bits per heavy atom. The molecule has 4 heteroatoms. The molecular weight excluding hydrogens is 216 g/mol. The van der Waals surface area contributed by atoms with Crippen LogP contribution in [-0.4, -0.2) is 11.7 Å². The van der Waals surface area contributed by atoms with E-state index in [4.69, 9.17) is 4.74 Å². The molecule has 0 fully saturated rings. The maximum Gasteiger partial charge on any atom is 0.412 e. The van der Waals surface area contributed by atoms with Gasteiger partial charge in [0.25, 0.3) is 0 Å². The van der Waals surface area contributed by atoms with Gasteiger partial charge in [0.15, 0.2) is 0 Å². The van der Waals surface area contributed by atoms with E-state index in [0.29, 0.717) is 0 Å². The molecule has 0 radical (unpaired) electrons. The maximum absolute atomic E-state index is 11.6. The molecule has 0 spiro atoms. The van der Waals surface area contributed by atoms with Crippen LogP contribution in [0.4, 0.5) is 10.5 Å². The molecule has 2 N–H and O–H groups in total. The summed E-state index contributed by atoms with van der Waals surface area (Å²) in [5.41, 5.74) is 2.84. The minimum atomic E-state index is -0.470. The van der Waals surface area contributed by atoms with E-state index in [2.05, 4.69) is 10.6 Å². The fraction of sp³-hybridized carbons (Fsp3) is 0.462. The van der Waals surface area contributed by atoms with Gasteiger partial charge in [-0.1, -0.05) is 6.07 Å². The average Bonchev–Trinajstić information content (AvgIpc) is 2.61. The van der Waals surface area contributed by atoms with Crippen LogP contribution in [0.3, 0.4) is 0 Å². The minimum absolute atomic E-state index is 0.414. The Bertz CT molecular complexity index is 436. The van der Waals surface area contributed by atoms with E-state index in [1.165, 1.54) is 11.1 Å². The predicted octanol–water partition coefficient (Wildman–Crippen LogP) is 2.64. The third-order valence-corrected chi connectivity index (χ3v) is 2.48. The van der Waals surface area contributed by atoms with Crippen LogP contribution in [-0.2, 0) is 17.8 Å². The van der Waals surface area contributed by atoms with Gasteiger partial charge in [-0.3, -0.25) is 5.32 Å². The Labute approximate surface area is 101 Å². The number of anilines is 1. The highest BCUT2D eigenvalue weighted by Gasteiger charge is 2.17. The minimum Gasteiger partial charge on any atom is -0.444 e. The van der Waals surface area contributed by atoms with Gasteiger partial charge in [-0.05, 0) is 44.0 Å². The van der Waals surface area contributed by atoms with Gasteiger partial charge in [0.05, 0.1) is 0 Å². The van der Waals surface area contributed by atoms with Crippen LogP contribution >= 0.6 is 0 Å². The summed E-state index contributed by atoms with van der Waals surface area (Å²) < 4.78 is 5.20. The van der Waals surface area contributed by atoms with Crippen molar-refractivity contribution >= 4 is 11.8 Å². The molecule has 1 aliphatic rings. The van der Waals surface area contributed by atoms with Crippen molar-refractivity contribution in [2.75, 3.05) is 5.32 Å². The zero-order chi connectivity index (χ0) is 12.5. The zero-order valence-electron chi connectivity index (χ0n) is 10.5. The number of carbonyl (C=O) groups is 1. The molecule has 92 valence electrons. The number of carbonyl (C=O) groups excluding carboxylic acids is 1. The molecule has 1 aromatic carbocycles. The molecule has 0 aromatic heterocycles. The predicted molar refractivity (Wildman–Crippen MR) is 66.8 cm³/mol. The lowest BCUT2D eigenvalue weighted by molar-refractivity contribution is 0.0636. The zero-order valence-corrected chi connectivity index (χ0v) is 10.5. The smallest absolute Gasteiger partial charge is 0.412 e. The van der Waals surface area contributed by atoms with Crippen LogP contribution in [0.25, 0.3) is 0 Å². The Morgan fingerprint density at radius 3 is 2.71 bits per heavy atom. The van der Waals surface area contributed by atoms with Crippen molar-refractivity contribution in [2.45, 2.75) is 39.5 Å². The van der Waals surface area contributed by atoms with Crippen molar-refractivity contribution in [3.05, 3.63) is 29.3 Å². The fourth-order valence-corrected chi connectivity index (χ4v) is 1.79. The lowest BCUT2D eigenvalue weighted by atomic mass is 10.1. The lowest BCUT2D eigenvalue weighted by Crippen LogP contribution is -2.27. The molecule has 17 heavy (non-hydrogen) atoms. The molecule has 0 atom stereocenters. The number of hydrogen-bond donors (Lipinski definition) is 2. The second kappa shape index (κ2) is 4.37. The van der Waals surface area contributed by atoms with Crippen LogP contribution in [0, 0.1) is 0 Å². The lowest BCUT2D eigenvalue weighted by Gasteiger charge is -2.19. The Kier molecular flexibility index (Phi) is 3.07. The van der Waals surface area contributed by atoms with Gasteiger partial charge in [0.2, 0.25) is 0 Å². The fourth-order valence-electron chi connectivity index (χ4n) is 1.79. The van der Waals surface area contributed by atoms with Crippen molar-refractivity contribution in [3.8, 4) is 0 Å². The van der Waals surface area contributed by atoms with Crippen molar-refractivity contribution in [2.24, 2.45) is 0 Å². The summed E-state index contributed by atoms with van der Waals surface area (Å²) in [5.74, 6) is 0. The number of fused-ring (bicyclic) bond motifs is 1. The molecule has 1 aliphatic heterocycles. The second-order valence-corrected chi connectivity index (χ2v) is 5.21. The summed E-state index contributed by atoms with van der Waals surface area (Å²) in [6.07, 6.45) is -0.414. The summed E-state index contributed by atoms with van der Waals surface area (Å²) in [6, 6.07) is 5.91.